The zero-order valence-corrected chi connectivity index (χ0v) is 19.6. The molecule has 0 spiro atoms. The fraction of sp³-hybridized carbons (Fsp3) is 0.542. The lowest BCUT2D eigenvalue weighted by Crippen LogP contribution is -2.40. The second kappa shape index (κ2) is 12.5. The van der Waals surface area contributed by atoms with Gasteiger partial charge in [0.05, 0.1) is 0 Å². The summed E-state index contributed by atoms with van der Waals surface area (Å²) in [6, 6.07) is 7.63. The average Bonchev–Trinajstić information content (AvgIpc) is 2.79. The maximum absolute atomic E-state index is 12.5. The fourth-order valence-electron chi connectivity index (χ4n) is 4.00. The highest BCUT2D eigenvalue weighted by molar-refractivity contribution is 5.95. The van der Waals surface area contributed by atoms with E-state index < -0.39 is 0 Å². The fourth-order valence-corrected chi connectivity index (χ4v) is 4.00. The van der Waals surface area contributed by atoms with Crippen molar-refractivity contribution in [3.63, 3.8) is 0 Å². The van der Waals surface area contributed by atoms with Gasteiger partial charge < -0.3 is 27.0 Å². The topological polar surface area (TPSA) is 131 Å². The lowest BCUT2D eigenvalue weighted by molar-refractivity contribution is 0.0953. The van der Waals surface area contributed by atoms with E-state index >= 15 is 0 Å². The second-order valence-electron chi connectivity index (χ2n) is 8.79. The van der Waals surface area contributed by atoms with E-state index in [1.165, 1.54) is 0 Å². The molecule has 2 heterocycles. The quantitative estimate of drug-likeness (QED) is 0.378. The van der Waals surface area contributed by atoms with Crippen LogP contribution in [0.3, 0.4) is 0 Å². The summed E-state index contributed by atoms with van der Waals surface area (Å²) >= 11 is 0. The van der Waals surface area contributed by atoms with Crippen molar-refractivity contribution in [2.24, 2.45) is 11.5 Å². The molecule has 9 heteroatoms. The molecule has 1 aliphatic heterocycles. The first-order valence-corrected chi connectivity index (χ1v) is 11.9. The highest BCUT2D eigenvalue weighted by Crippen LogP contribution is 2.18. The van der Waals surface area contributed by atoms with Crippen molar-refractivity contribution >= 4 is 17.4 Å². The molecule has 1 saturated heterocycles. The molecule has 0 bridgehead atoms. The third-order valence-electron chi connectivity index (χ3n) is 5.91. The Hall–Kier alpha value is -2.75. The molecule has 1 aromatic heterocycles. The molecule has 0 atom stereocenters. The van der Waals surface area contributed by atoms with Gasteiger partial charge in [-0.1, -0.05) is 0 Å². The van der Waals surface area contributed by atoms with Gasteiger partial charge in [0.1, 0.15) is 5.82 Å². The number of nitrogens with zero attached hydrogens (tertiary/aromatic N) is 3. The highest BCUT2D eigenvalue weighted by Gasteiger charge is 2.15. The standard InChI is InChI=1S/C24H37N7O2/c1-18-15-19(23(32)27-9-4-8-25)17-21(16-18)28-22-7-14-31(24(33)29-22)11-3-2-10-30-12-5-20(26)6-13-30/h7,14-17,20H,2-6,8-13,25-26H2,1H3,(H,27,32)(H,28,29,33). The lowest BCUT2D eigenvalue weighted by atomic mass is 10.1. The van der Waals surface area contributed by atoms with Gasteiger partial charge in [-0.05, 0) is 95.0 Å². The van der Waals surface area contributed by atoms with E-state index in [0.29, 0.717) is 42.7 Å². The normalized spacial score (nSPS) is 14.9. The van der Waals surface area contributed by atoms with Crippen LogP contribution >= 0.6 is 0 Å². The summed E-state index contributed by atoms with van der Waals surface area (Å²) in [6.07, 6.45) is 6.61. The van der Waals surface area contributed by atoms with Crippen LogP contribution in [0.1, 0.15) is 48.0 Å². The van der Waals surface area contributed by atoms with Crippen molar-refractivity contribution in [1.29, 1.82) is 0 Å². The number of amides is 1. The summed E-state index contributed by atoms with van der Waals surface area (Å²) < 4.78 is 1.64. The molecule has 9 nitrogen and oxygen atoms in total. The molecule has 1 aliphatic rings. The largest absolute Gasteiger partial charge is 0.352 e. The Morgan fingerprint density at radius 3 is 2.64 bits per heavy atom. The lowest BCUT2D eigenvalue weighted by Gasteiger charge is -2.29. The Morgan fingerprint density at radius 1 is 1.15 bits per heavy atom. The highest BCUT2D eigenvalue weighted by atomic mass is 16.2. The van der Waals surface area contributed by atoms with Crippen LogP contribution in [0.4, 0.5) is 11.5 Å². The van der Waals surface area contributed by atoms with E-state index in [1.807, 2.05) is 19.1 Å². The molecule has 1 amide bonds. The zero-order valence-electron chi connectivity index (χ0n) is 19.6. The summed E-state index contributed by atoms with van der Waals surface area (Å²) in [4.78, 5) is 31.4. The van der Waals surface area contributed by atoms with Crippen molar-refractivity contribution in [3.05, 3.63) is 52.1 Å². The number of unbranched alkanes of at least 4 members (excludes halogenated alkanes) is 1. The Balaban J connectivity index is 1.52. The van der Waals surface area contributed by atoms with Gasteiger partial charge in [0.2, 0.25) is 0 Å². The minimum atomic E-state index is -0.281. The number of hydrogen-bond acceptors (Lipinski definition) is 7. The van der Waals surface area contributed by atoms with Crippen LogP contribution in [0.5, 0.6) is 0 Å². The number of aryl methyl sites for hydroxylation is 2. The smallest absolute Gasteiger partial charge is 0.349 e. The Labute approximate surface area is 195 Å². The number of carbonyl (C=O) groups excluding carboxylic acids is 1. The van der Waals surface area contributed by atoms with Crippen LogP contribution in [-0.4, -0.2) is 59.1 Å². The third-order valence-corrected chi connectivity index (χ3v) is 5.91. The predicted molar refractivity (Wildman–Crippen MR) is 132 cm³/mol. The molecule has 0 radical (unpaired) electrons. The predicted octanol–water partition coefficient (Wildman–Crippen LogP) is 1.58. The molecular formula is C24H37N7O2. The molecule has 0 unspecified atom stereocenters. The molecule has 33 heavy (non-hydrogen) atoms. The first-order valence-electron chi connectivity index (χ1n) is 11.9. The SMILES string of the molecule is Cc1cc(Nc2ccn(CCCCN3CCC(N)CC3)c(=O)n2)cc(C(=O)NCCCN)c1. The first kappa shape index (κ1) is 24.9. The molecule has 0 aliphatic carbocycles. The average molecular weight is 456 g/mol. The molecule has 180 valence electrons. The maximum Gasteiger partial charge on any atom is 0.349 e. The minimum Gasteiger partial charge on any atom is -0.352 e. The van der Waals surface area contributed by atoms with Crippen molar-refractivity contribution in [3.8, 4) is 0 Å². The van der Waals surface area contributed by atoms with Crippen molar-refractivity contribution in [2.45, 2.75) is 51.6 Å². The number of rotatable bonds is 11. The number of hydrogen-bond donors (Lipinski definition) is 4. The number of aromatic nitrogens is 2. The van der Waals surface area contributed by atoms with Crippen LogP contribution in [0, 0.1) is 6.92 Å². The molecule has 1 aromatic carbocycles. The van der Waals surface area contributed by atoms with Gasteiger partial charge in [0.15, 0.2) is 0 Å². The number of anilines is 2. The number of nitrogens with two attached hydrogens (primary N) is 2. The summed E-state index contributed by atoms with van der Waals surface area (Å²) in [5.41, 5.74) is 13.4. The number of piperidine rings is 1. The summed E-state index contributed by atoms with van der Waals surface area (Å²) in [5, 5.41) is 6.01. The van der Waals surface area contributed by atoms with Crippen LogP contribution in [0.2, 0.25) is 0 Å². The number of benzene rings is 1. The van der Waals surface area contributed by atoms with Gasteiger partial charge >= 0.3 is 5.69 Å². The Morgan fingerprint density at radius 2 is 1.91 bits per heavy atom. The van der Waals surface area contributed by atoms with E-state index in [9.17, 15) is 9.59 Å². The molecule has 0 saturated carbocycles. The second-order valence-corrected chi connectivity index (χ2v) is 8.79. The maximum atomic E-state index is 12.5. The summed E-state index contributed by atoms with van der Waals surface area (Å²) in [7, 11) is 0. The number of nitrogens with one attached hydrogen (secondary N) is 2. The van der Waals surface area contributed by atoms with Gasteiger partial charge in [-0.2, -0.15) is 4.98 Å². The van der Waals surface area contributed by atoms with Gasteiger partial charge in [-0.25, -0.2) is 4.79 Å². The van der Waals surface area contributed by atoms with Crippen LogP contribution in [0.15, 0.2) is 35.3 Å². The Bertz CT molecular complexity index is 968. The van der Waals surface area contributed by atoms with Crippen LogP contribution in [0.25, 0.3) is 0 Å². The first-order chi connectivity index (χ1) is 15.9. The van der Waals surface area contributed by atoms with Crippen molar-refractivity contribution in [1.82, 2.24) is 19.8 Å². The van der Waals surface area contributed by atoms with Crippen LogP contribution < -0.4 is 27.8 Å². The number of likely N-dealkylation sites (tertiary alicyclic amines) is 1. The number of carbonyl (C=O) groups is 1. The Kier molecular flexibility index (Phi) is 9.41. The third kappa shape index (κ3) is 7.96. The molecule has 6 N–H and O–H groups in total. The molecule has 2 aromatic rings. The van der Waals surface area contributed by atoms with Gasteiger partial charge in [-0.15, -0.1) is 0 Å². The van der Waals surface area contributed by atoms with E-state index in [4.69, 9.17) is 11.5 Å². The van der Waals surface area contributed by atoms with Crippen LogP contribution in [-0.2, 0) is 6.54 Å². The monoisotopic (exact) mass is 455 g/mol. The van der Waals surface area contributed by atoms with Gasteiger partial charge in [0, 0.05) is 36.6 Å². The molecule has 1 fully saturated rings. The van der Waals surface area contributed by atoms with Crippen molar-refractivity contribution in [2.75, 3.05) is 38.0 Å². The summed E-state index contributed by atoms with van der Waals surface area (Å²) in [6.45, 7) is 6.83. The molecule has 3 rings (SSSR count). The van der Waals surface area contributed by atoms with E-state index in [-0.39, 0.29) is 11.6 Å². The molecular weight excluding hydrogens is 418 g/mol. The van der Waals surface area contributed by atoms with E-state index in [1.54, 1.807) is 22.9 Å². The minimum absolute atomic E-state index is 0.147. The van der Waals surface area contributed by atoms with Gasteiger partial charge in [-0.3, -0.25) is 9.36 Å². The van der Waals surface area contributed by atoms with E-state index in [2.05, 4.69) is 20.5 Å². The van der Waals surface area contributed by atoms with E-state index in [0.717, 1.165) is 57.3 Å². The zero-order chi connectivity index (χ0) is 23.6. The van der Waals surface area contributed by atoms with Gasteiger partial charge in [0.25, 0.3) is 5.91 Å². The van der Waals surface area contributed by atoms with Crippen molar-refractivity contribution < 1.29 is 4.79 Å². The summed E-state index contributed by atoms with van der Waals surface area (Å²) in [5.74, 6) is 0.312.